The molecule has 1 aromatic carbocycles. The van der Waals surface area contributed by atoms with Gasteiger partial charge >= 0.3 is 0 Å². The quantitative estimate of drug-likeness (QED) is 0.732. The van der Waals surface area contributed by atoms with Gasteiger partial charge in [0.2, 0.25) is 0 Å². The second kappa shape index (κ2) is 4.58. The number of hydrogen-bond donors (Lipinski definition) is 0. The normalized spacial score (nSPS) is 30.2. The predicted molar refractivity (Wildman–Crippen MR) is 67.5 cm³/mol. The molecule has 2 aliphatic rings. The maximum absolute atomic E-state index is 2.79. The van der Waals surface area contributed by atoms with Crippen LogP contribution in [0.15, 0.2) is 30.3 Å². The molecule has 2 heterocycles. The molecule has 0 bridgehead atoms. The number of piperidine rings is 1. The van der Waals surface area contributed by atoms with E-state index >= 15 is 0 Å². The summed E-state index contributed by atoms with van der Waals surface area (Å²) in [7, 11) is 0. The smallest absolute Gasteiger partial charge is 0.0139 e. The summed E-state index contributed by atoms with van der Waals surface area (Å²) in [5.41, 5.74) is 1.51. The molecule has 2 fully saturated rings. The monoisotopic (exact) mass is 215 g/mol. The summed E-state index contributed by atoms with van der Waals surface area (Å²) in [6, 6.07) is 12.7. The number of hydrogen-bond acceptors (Lipinski definition) is 1. The van der Waals surface area contributed by atoms with Crippen molar-refractivity contribution in [3.8, 4) is 0 Å². The summed E-state index contributed by atoms with van der Waals surface area (Å²) in [6.45, 7) is 1.35. The van der Waals surface area contributed by atoms with E-state index in [1.807, 2.05) is 0 Å². The van der Waals surface area contributed by atoms with Gasteiger partial charge in [-0.2, -0.15) is 0 Å². The molecule has 1 nitrogen and oxygen atoms in total. The van der Waals surface area contributed by atoms with Crippen LogP contribution in [-0.2, 0) is 6.42 Å². The first-order valence-electron chi connectivity index (χ1n) is 6.73. The first-order chi connectivity index (χ1) is 7.93. The standard InChI is InChI=1S/C15H21N/c1-2-6-13(7-3-1)12-15-10-9-14-8-4-5-11-16(14)15/h1-3,6-7,14-15H,4-5,8-12H2/t14-,15+/m1/s1. The molecule has 0 N–H and O–H groups in total. The number of benzene rings is 1. The zero-order chi connectivity index (χ0) is 10.8. The number of fused-ring (bicyclic) bond motifs is 1. The Bertz CT molecular complexity index is 333. The minimum atomic E-state index is 0.827. The van der Waals surface area contributed by atoms with Gasteiger partial charge in [-0.05, 0) is 44.2 Å². The highest BCUT2D eigenvalue weighted by Gasteiger charge is 2.34. The lowest BCUT2D eigenvalue weighted by atomic mass is 10.0. The van der Waals surface area contributed by atoms with Crippen molar-refractivity contribution in [3.05, 3.63) is 35.9 Å². The van der Waals surface area contributed by atoms with Crippen LogP contribution >= 0.6 is 0 Å². The topological polar surface area (TPSA) is 3.24 Å². The molecule has 0 saturated carbocycles. The Morgan fingerprint density at radius 2 is 1.88 bits per heavy atom. The van der Waals surface area contributed by atoms with E-state index in [9.17, 15) is 0 Å². The number of nitrogens with zero attached hydrogens (tertiary/aromatic N) is 1. The van der Waals surface area contributed by atoms with E-state index in [1.165, 1.54) is 50.6 Å². The van der Waals surface area contributed by atoms with Gasteiger partial charge in [0.05, 0.1) is 0 Å². The minimum absolute atomic E-state index is 0.827. The van der Waals surface area contributed by atoms with Crippen LogP contribution in [0.2, 0.25) is 0 Å². The molecule has 2 atom stereocenters. The summed E-state index contributed by atoms with van der Waals surface area (Å²) in [6.07, 6.45) is 8.45. The summed E-state index contributed by atoms with van der Waals surface area (Å²) in [4.78, 5) is 2.79. The third-order valence-corrected chi connectivity index (χ3v) is 4.29. The van der Waals surface area contributed by atoms with Crippen LogP contribution in [0.4, 0.5) is 0 Å². The van der Waals surface area contributed by atoms with Crippen molar-refractivity contribution in [3.63, 3.8) is 0 Å². The van der Waals surface area contributed by atoms with E-state index in [4.69, 9.17) is 0 Å². The Morgan fingerprint density at radius 3 is 2.75 bits per heavy atom. The molecule has 0 amide bonds. The van der Waals surface area contributed by atoms with E-state index < -0.39 is 0 Å². The van der Waals surface area contributed by atoms with Crippen molar-refractivity contribution in [1.29, 1.82) is 0 Å². The van der Waals surface area contributed by atoms with Gasteiger partial charge in [-0.3, -0.25) is 4.90 Å². The van der Waals surface area contributed by atoms with Crippen LogP contribution in [0.1, 0.15) is 37.7 Å². The second-order valence-electron chi connectivity index (χ2n) is 5.31. The van der Waals surface area contributed by atoms with Crippen molar-refractivity contribution >= 4 is 0 Å². The Labute approximate surface area is 98.5 Å². The van der Waals surface area contributed by atoms with Crippen molar-refractivity contribution in [1.82, 2.24) is 4.90 Å². The summed E-state index contributed by atoms with van der Waals surface area (Å²) < 4.78 is 0. The van der Waals surface area contributed by atoms with Crippen LogP contribution in [0, 0.1) is 0 Å². The van der Waals surface area contributed by atoms with E-state index in [0.29, 0.717) is 0 Å². The first-order valence-corrected chi connectivity index (χ1v) is 6.73. The zero-order valence-corrected chi connectivity index (χ0v) is 9.94. The van der Waals surface area contributed by atoms with Crippen LogP contribution in [0.3, 0.4) is 0 Å². The molecule has 2 aliphatic heterocycles. The van der Waals surface area contributed by atoms with E-state index in [-0.39, 0.29) is 0 Å². The molecular formula is C15H21N. The molecule has 0 radical (unpaired) electrons. The van der Waals surface area contributed by atoms with Crippen LogP contribution < -0.4 is 0 Å². The minimum Gasteiger partial charge on any atom is -0.297 e. The predicted octanol–water partition coefficient (Wildman–Crippen LogP) is 3.25. The van der Waals surface area contributed by atoms with Gasteiger partial charge in [-0.25, -0.2) is 0 Å². The largest absolute Gasteiger partial charge is 0.297 e. The van der Waals surface area contributed by atoms with Gasteiger partial charge in [0.15, 0.2) is 0 Å². The molecule has 0 aromatic heterocycles. The molecule has 0 spiro atoms. The average molecular weight is 215 g/mol. The first kappa shape index (κ1) is 10.3. The van der Waals surface area contributed by atoms with Gasteiger partial charge in [-0.15, -0.1) is 0 Å². The van der Waals surface area contributed by atoms with Crippen molar-refractivity contribution in [2.24, 2.45) is 0 Å². The highest BCUT2D eigenvalue weighted by Crippen LogP contribution is 2.32. The molecule has 0 unspecified atom stereocenters. The fourth-order valence-corrected chi connectivity index (χ4v) is 3.47. The average Bonchev–Trinajstić information content (AvgIpc) is 2.74. The molecular weight excluding hydrogens is 194 g/mol. The molecule has 3 rings (SSSR count). The molecule has 1 heteroatoms. The van der Waals surface area contributed by atoms with Crippen LogP contribution in [0.5, 0.6) is 0 Å². The van der Waals surface area contributed by atoms with E-state index in [1.54, 1.807) is 0 Å². The van der Waals surface area contributed by atoms with Gasteiger partial charge in [0.25, 0.3) is 0 Å². The fourth-order valence-electron chi connectivity index (χ4n) is 3.47. The van der Waals surface area contributed by atoms with Crippen LogP contribution in [0.25, 0.3) is 0 Å². The Kier molecular flexibility index (Phi) is 2.96. The lowest BCUT2D eigenvalue weighted by molar-refractivity contribution is 0.149. The maximum Gasteiger partial charge on any atom is 0.0139 e. The lowest BCUT2D eigenvalue weighted by Gasteiger charge is -2.34. The molecule has 16 heavy (non-hydrogen) atoms. The van der Waals surface area contributed by atoms with Crippen molar-refractivity contribution in [2.45, 2.75) is 50.6 Å². The lowest BCUT2D eigenvalue weighted by Crippen LogP contribution is -2.40. The SMILES string of the molecule is c1ccc(C[C@@H]2CC[C@H]3CCCCN32)cc1. The van der Waals surface area contributed by atoms with E-state index in [2.05, 4.69) is 35.2 Å². The number of rotatable bonds is 2. The Morgan fingerprint density at radius 1 is 1.00 bits per heavy atom. The Hall–Kier alpha value is -0.820. The van der Waals surface area contributed by atoms with Crippen LogP contribution in [-0.4, -0.2) is 23.5 Å². The second-order valence-corrected chi connectivity index (χ2v) is 5.31. The van der Waals surface area contributed by atoms with Crippen molar-refractivity contribution in [2.75, 3.05) is 6.54 Å². The molecule has 1 aromatic rings. The van der Waals surface area contributed by atoms with Gasteiger partial charge in [0, 0.05) is 12.1 Å². The fraction of sp³-hybridized carbons (Fsp3) is 0.600. The highest BCUT2D eigenvalue weighted by atomic mass is 15.2. The van der Waals surface area contributed by atoms with Crippen molar-refractivity contribution < 1.29 is 0 Å². The third-order valence-electron chi connectivity index (χ3n) is 4.29. The van der Waals surface area contributed by atoms with Gasteiger partial charge in [0.1, 0.15) is 0 Å². The summed E-state index contributed by atoms with van der Waals surface area (Å²) >= 11 is 0. The maximum atomic E-state index is 2.79. The highest BCUT2D eigenvalue weighted by molar-refractivity contribution is 5.16. The molecule has 0 aliphatic carbocycles. The Balaban J connectivity index is 1.67. The molecule has 86 valence electrons. The van der Waals surface area contributed by atoms with Gasteiger partial charge < -0.3 is 0 Å². The zero-order valence-electron chi connectivity index (χ0n) is 9.94. The summed E-state index contributed by atoms with van der Waals surface area (Å²) in [5.74, 6) is 0. The molecule has 2 saturated heterocycles. The summed E-state index contributed by atoms with van der Waals surface area (Å²) in [5, 5.41) is 0. The van der Waals surface area contributed by atoms with E-state index in [0.717, 1.165) is 12.1 Å². The third kappa shape index (κ3) is 2.01. The van der Waals surface area contributed by atoms with Gasteiger partial charge in [-0.1, -0.05) is 36.8 Å².